The Morgan fingerprint density at radius 1 is 1.50 bits per heavy atom. The van der Waals surface area contributed by atoms with Gasteiger partial charge >= 0.3 is 0 Å². The molecule has 0 saturated heterocycles. The minimum absolute atomic E-state index is 0.598. The molecule has 3 nitrogen and oxygen atoms in total. The second-order valence-electron chi connectivity index (χ2n) is 3.93. The average molecular weight is 191 g/mol. The van der Waals surface area contributed by atoms with Crippen LogP contribution in [0.3, 0.4) is 0 Å². The van der Waals surface area contributed by atoms with Crippen LogP contribution >= 0.6 is 0 Å². The minimum atomic E-state index is 0.598. The van der Waals surface area contributed by atoms with Crippen LogP contribution in [0.2, 0.25) is 0 Å². The first-order valence-electron chi connectivity index (χ1n) is 5.15. The van der Waals surface area contributed by atoms with Gasteiger partial charge in [-0.1, -0.05) is 6.92 Å². The SMILES string of the molecule is CCC(C)N1CN(C)c2cnccc21. The number of hydrogen-bond donors (Lipinski definition) is 0. The third kappa shape index (κ3) is 1.33. The van der Waals surface area contributed by atoms with Gasteiger partial charge in [-0.3, -0.25) is 4.98 Å². The van der Waals surface area contributed by atoms with Crippen molar-refractivity contribution in [1.82, 2.24) is 4.98 Å². The standard InChI is InChI=1S/C11H17N3/c1-4-9(2)14-8-13(3)11-7-12-6-5-10(11)14/h5-7,9H,4,8H2,1-3H3. The Balaban J connectivity index is 2.34. The lowest BCUT2D eigenvalue weighted by atomic mass is 10.2. The van der Waals surface area contributed by atoms with Crippen molar-refractivity contribution in [2.45, 2.75) is 26.3 Å². The van der Waals surface area contributed by atoms with E-state index in [4.69, 9.17) is 0 Å². The smallest absolute Gasteiger partial charge is 0.0904 e. The molecule has 1 aromatic rings. The molecule has 3 heteroatoms. The van der Waals surface area contributed by atoms with Gasteiger partial charge in [0.2, 0.25) is 0 Å². The molecule has 0 radical (unpaired) electrons. The molecule has 0 N–H and O–H groups in total. The monoisotopic (exact) mass is 191 g/mol. The zero-order valence-electron chi connectivity index (χ0n) is 9.07. The average Bonchev–Trinajstić information content (AvgIpc) is 2.56. The molecule has 1 atom stereocenters. The van der Waals surface area contributed by atoms with Crippen molar-refractivity contribution in [1.29, 1.82) is 0 Å². The summed E-state index contributed by atoms with van der Waals surface area (Å²) < 4.78 is 0. The first-order valence-corrected chi connectivity index (χ1v) is 5.15. The van der Waals surface area contributed by atoms with Crippen LogP contribution in [0.1, 0.15) is 20.3 Å². The summed E-state index contributed by atoms with van der Waals surface area (Å²) in [4.78, 5) is 8.83. The summed E-state index contributed by atoms with van der Waals surface area (Å²) in [5.74, 6) is 0. The topological polar surface area (TPSA) is 19.4 Å². The second-order valence-corrected chi connectivity index (χ2v) is 3.93. The van der Waals surface area contributed by atoms with Gasteiger partial charge in [0.05, 0.1) is 24.2 Å². The molecular formula is C11H17N3. The van der Waals surface area contributed by atoms with Gasteiger partial charge in [0.25, 0.3) is 0 Å². The first-order chi connectivity index (χ1) is 6.74. The van der Waals surface area contributed by atoms with Crippen LogP contribution in [-0.2, 0) is 0 Å². The van der Waals surface area contributed by atoms with E-state index in [-0.39, 0.29) is 0 Å². The van der Waals surface area contributed by atoms with Crippen molar-refractivity contribution in [2.75, 3.05) is 23.5 Å². The van der Waals surface area contributed by atoms with Crippen LogP contribution in [-0.4, -0.2) is 24.7 Å². The molecule has 2 heterocycles. The molecule has 0 fully saturated rings. The summed E-state index contributed by atoms with van der Waals surface area (Å²) in [7, 11) is 2.11. The van der Waals surface area contributed by atoms with E-state index in [0.29, 0.717) is 6.04 Å². The second kappa shape index (κ2) is 3.48. The minimum Gasteiger partial charge on any atom is -0.354 e. The lowest BCUT2D eigenvalue weighted by Crippen LogP contribution is -2.35. The van der Waals surface area contributed by atoms with E-state index in [9.17, 15) is 0 Å². The largest absolute Gasteiger partial charge is 0.354 e. The lowest BCUT2D eigenvalue weighted by molar-refractivity contribution is 0.631. The third-order valence-corrected chi connectivity index (χ3v) is 2.99. The number of pyridine rings is 1. The van der Waals surface area contributed by atoms with E-state index in [2.05, 4.69) is 41.7 Å². The van der Waals surface area contributed by atoms with Crippen LogP contribution in [0, 0.1) is 0 Å². The molecule has 0 bridgehead atoms. The molecule has 0 aromatic carbocycles. The predicted molar refractivity (Wildman–Crippen MR) is 59.7 cm³/mol. The Labute approximate surface area is 85.4 Å². The van der Waals surface area contributed by atoms with Crippen LogP contribution < -0.4 is 9.80 Å². The molecule has 1 unspecified atom stereocenters. The van der Waals surface area contributed by atoms with Gasteiger partial charge in [-0.25, -0.2) is 0 Å². The maximum atomic E-state index is 4.16. The van der Waals surface area contributed by atoms with Crippen LogP contribution in [0.4, 0.5) is 11.4 Å². The number of hydrogen-bond acceptors (Lipinski definition) is 3. The Morgan fingerprint density at radius 3 is 3.00 bits per heavy atom. The lowest BCUT2D eigenvalue weighted by Gasteiger charge is -2.25. The summed E-state index contributed by atoms with van der Waals surface area (Å²) in [6, 6.07) is 2.70. The highest BCUT2D eigenvalue weighted by Crippen LogP contribution is 2.35. The predicted octanol–water partition coefficient (Wildman–Crippen LogP) is 2.09. The zero-order valence-corrected chi connectivity index (χ0v) is 9.07. The van der Waals surface area contributed by atoms with Crippen molar-refractivity contribution in [2.24, 2.45) is 0 Å². The maximum Gasteiger partial charge on any atom is 0.0904 e. The van der Waals surface area contributed by atoms with Crippen LogP contribution in [0.25, 0.3) is 0 Å². The van der Waals surface area contributed by atoms with Crippen molar-refractivity contribution in [3.63, 3.8) is 0 Å². The summed E-state index contributed by atoms with van der Waals surface area (Å²) in [5, 5.41) is 0. The van der Waals surface area contributed by atoms with E-state index in [1.807, 2.05) is 12.4 Å². The summed E-state index contributed by atoms with van der Waals surface area (Å²) in [5.41, 5.74) is 2.56. The fourth-order valence-electron chi connectivity index (χ4n) is 1.89. The molecule has 1 aliphatic heterocycles. The molecule has 0 spiro atoms. The number of aromatic nitrogens is 1. The highest BCUT2D eigenvalue weighted by molar-refractivity contribution is 5.75. The van der Waals surface area contributed by atoms with E-state index < -0.39 is 0 Å². The van der Waals surface area contributed by atoms with E-state index >= 15 is 0 Å². The number of fused-ring (bicyclic) bond motifs is 1. The zero-order chi connectivity index (χ0) is 10.1. The van der Waals surface area contributed by atoms with Crippen LogP contribution in [0.5, 0.6) is 0 Å². The Kier molecular flexibility index (Phi) is 2.32. The fraction of sp³-hybridized carbons (Fsp3) is 0.545. The summed E-state index contributed by atoms with van der Waals surface area (Å²) >= 11 is 0. The van der Waals surface area contributed by atoms with E-state index in [0.717, 1.165) is 6.67 Å². The molecular weight excluding hydrogens is 174 g/mol. The molecule has 0 saturated carbocycles. The molecule has 14 heavy (non-hydrogen) atoms. The molecule has 2 rings (SSSR count). The maximum absolute atomic E-state index is 4.16. The van der Waals surface area contributed by atoms with Gasteiger partial charge in [-0.2, -0.15) is 0 Å². The van der Waals surface area contributed by atoms with E-state index in [1.165, 1.54) is 17.8 Å². The normalized spacial score (nSPS) is 17.1. The highest BCUT2D eigenvalue weighted by Gasteiger charge is 2.25. The fourth-order valence-corrected chi connectivity index (χ4v) is 1.89. The summed E-state index contributed by atoms with van der Waals surface area (Å²) in [6.07, 6.45) is 4.99. The van der Waals surface area contributed by atoms with Gasteiger partial charge in [0.15, 0.2) is 0 Å². The van der Waals surface area contributed by atoms with Crippen molar-refractivity contribution < 1.29 is 0 Å². The van der Waals surface area contributed by atoms with Crippen molar-refractivity contribution in [3.8, 4) is 0 Å². The van der Waals surface area contributed by atoms with Gasteiger partial charge in [-0.15, -0.1) is 0 Å². The summed E-state index contributed by atoms with van der Waals surface area (Å²) in [6.45, 7) is 5.48. The highest BCUT2D eigenvalue weighted by atomic mass is 15.4. The number of rotatable bonds is 2. The van der Waals surface area contributed by atoms with E-state index in [1.54, 1.807) is 0 Å². The third-order valence-electron chi connectivity index (χ3n) is 2.99. The molecule has 76 valence electrons. The van der Waals surface area contributed by atoms with Gasteiger partial charge < -0.3 is 9.80 Å². The van der Waals surface area contributed by atoms with Gasteiger partial charge in [-0.05, 0) is 19.4 Å². The molecule has 1 aromatic heterocycles. The molecule has 1 aliphatic rings. The Hall–Kier alpha value is -1.25. The van der Waals surface area contributed by atoms with Crippen molar-refractivity contribution in [3.05, 3.63) is 18.5 Å². The quantitative estimate of drug-likeness (QED) is 0.713. The van der Waals surface area contributed by atoms with Gasteiger partial charge in [0, 0.05) is 19.3 Å². The molecule has 0 amide bonds. The number of nitrogens with zero attached hydrogens (tertiary/aromatic N) is 3. The Morgan fingerprint density at radius 2 is 2.29 bits per heavy atom. The first kappa shape index (κ1) is 9.31. The Bertz CT molecular complexity index is 324. The number of anilines is 2. The molecule has 0 aliphatic carbocycles. The van der Waals surface area contributed by atoms with Gasteiger partial charge in [0.1, 0.15) is 0 Å². The van der Waals surface area contributed by atoms with Crippen molar-refractivity contribution >= 4 is 11.4 Å². The van der Waals surface area contributed by atoms with Crippen LogP contribution in [0.15, 0.2) is 18.5 Å².